The Morgan fingerprint density at radius 2 is 2.16 bits per heavy atom. The Balaban J connectivity index is 2.06. The maximum absolute atomic E-state index is 5.86. The van der Waals surface area contributed by atoms with Crippen LogP contribution in [0.4, 0.5) is 11.6 Å². The summed E-state index contributed by atoms with van der Waals surface area (Å²) < 4.78 is 0. The van der Waals surface area contributed by atoms with Crippen LogP contribution in [0.1, 0.15) is 51.3 Å². The molecule has 0 amide bonds. The van der Waals surface area contributed by atoms with Gasteiger partial charge in [0.1, 0.15) is 17.5 Å². The van der Waals surface area contributed by atoms with Gasteiger partial charge >= 0.3 is 0 Å². The summed E-state index contributed by atoms with van der Waals surface area (Å²) in [6, 6.07) is 2.36. The number of hydrogen-bond acceptors (Lipinski definition) is 5. The fraction of sp³-hybridized carbons (Fsp3) is 0.714. The average Bonchev–Trinajstić information content (AvgIpc) is 2.38. The molecule has 0 aromatic carbocycles. The van der Waals surface area contributed by atoms with Crippen LogP contribution in [0.3, 0.4) is 0 Å². The topological polar surface area (TPSA) is 63.8 Å². The highest BCUT2D eigenvalue weighted by Crippen LogP contribution is 2.29. The van der Waals surface area contributed by atoms with Gasteiger partial charge in [-0.05, 0) is 25.5 Å². The van der Waals surface area contributed by atoms with E-state index in [4.69, 9.17) is 5.73 Å². The van der Waals surface area contributed by atoms with Crippen molar-refractivity contribution in [3.05, 3.63) is 11.9 Å². The molecule has 5 heteroatoms. The fourth-order valence-corrected chi connectivity index (χ4v) is 3.34. The third-order valence-electron chi connectivity index (χ3n) is 3.59. The van der Waals surface area contributed by atoms with Gasteiger partial charge in [0.25, 0.3) is 0 Å². The van der Waals surface area contributed by atoms with Gasteiger partial charge < -0.3 is 11.1 Å². The van der Waals surface area contributed by atoms with E-state index in [0.29, 0.717) is 17.8 Å². The summed E-state index contributed by atoms with van der Waals surface area (Å²) >= 11 is 1.97. The van der Waals surface area contributed by atoms with E-state index in [-0.39, 0.29) is 0 Å². The number of nitrogen functional groups attached to an aromatic ring is 1. The van der Waals surface area contributed by atoms with Crippen molar-refractivity contribution >= 4 is 23.4 Å². The van der Waals surface area contributed by atoms with Gasteiger partial charge in [0.05, 0.1) is 0 Å². The van der Waals surface area contributed by atoms with Crippen molar-refractivity contribution in [3.63, 3.8) is 0 Å². The highest BCUT2D eigenvalue weighted by atomic mass is 32.2. The number of anilines is 2. The van der Waals surface area contributed by atoms with Crippen LogP contribution in [0.5, 0.6) is 0 Å². The molecule has 3 N–H and O–H groups in total. The molecule has 106 valence electrons. The first-order valence-electron chi connectivity index (χ1n) is 7.02. The van der Waals surface area contributed by atoms with Gasteiger partial charge in [0.2, 0.25) is 0 Å². The predicted molar refractivity (Wildman–Crippen MR) is 83.7 cm³/mol. The minimum absolute atomic E-state index is 0.300. The number of aromatic nitrogens is 2. The van der Waals surface area contributed by atoms with Gasteiger partial charge in [-0.15, -0.1) is 0 Å². The van der Waals surface area contributed by atoms with Crippen molar-refractivity contribution in [2.24, 2.45) is 0 Å². The van der Waals surface area contributed by atoms with Crippen LogP contribution in [0.15, 0.2) is 6.07 Å². The van der Waals surface area contributed by atoms with E-state index in [1.54, 1.807) is 0 Å². The molecule has 2 atom stereocenters. The Bertz CT molecular complexity index is 422. The molecule has 19 heavy (non-hydrogen) atoms. The van der Waals surface area contributed by atoms with Crippen LogP contribution < -0.4 is 11.1 Å². The molecule has 2 unspecified atom stereocenters. The Hall–Kier alpha value is -0.970. The van der Waals surface area contributed by atoms with Crippen LogP contribution in [0, 0.1) is 0 Å². The van der Waals surface area contributed by atoms with E-state index in [2.05, 4.69) is 35.4 Å². The molecule has 0 spiro atoms. The number of thioether (sulfide) groups is 1. The van der Waals surface area contributed by atoms with Crippen LogP contribution in [0.2, 0.25) is 0 Å². The molecule has 1 saturated carbocycles. The molecule has 1 aromatic rings. The highest BCUT2D eigenvalue weighted by Gasteiger charge is 2.21. The Morgan fingerprint density at radius 3 is 2.84 bits per heavy atom. The number of nitrogens with one attached hydrogen (secondary N) is 1. The molecule has 4 nitrogen and oxygen atoms in total. The molecular weight excluding hydrogens is 256 g/mol. The minimum atomic E-state index is 0.300. The van der Waals surface area contributed by atoms with Gasteiger partial charge in [0.15, 0.2) is 0 Å². The van der Waals surface area contributed by atoms with Crippen LogP contribution in [0.25, 0.3) is 0 Å². The molecule has 0 saturated heterocycles. The molecule has 1 fully saturated rings. The Kier molecular flexibility index (Phi) is 4.91. The van der Waals surface area contributed by atoms with Crippen molar-refractivity contribution in [1.29, 1.82) is 0 Å². The van der Waals surface area contributed by atoms with Gasteiger partial charge in [-0.25, -0.2) is 9.97 Å². The second-order valence-electron chi connectivity index (χ2n) is 5.56. The van der Waals surface area contributed by atoms with E-state index in [0.717, 1.165) is 16.9 Å². The molecule has 0 bridgehead atoms. The van der Waals surface area contributed by atoms with Gasteiger partial charge in [0, 0.05) is 23.3 Å². The highest BCUT2D eigenvalue weighted by molar-refractivity contribution is 7.99. The SMILES string of the molecule is CSC1CCCC(Nc2cc(N)nc(C(C)C)n2)C1. The van der Waals surface area contributed by atoms with Crippen molar-refractivity contribution in [1.82, 2.24) is 9.97 Å². The molecule has 1 heterocycles. The number of nitrogens with zero attached hydrogens (tertiary/aromatic N) is 2. The quantitative estimate of drug-likeness (QED) is 0.886. The molecule has 0 aliphatic heterocycles. The third kappa shape index (κ3) is 4.00. The first-order chi connectivity index (χ1) is 9.08. The zero-order chi connectivity index (χ0) is 13.8. The summed E-state index contributed by atoms with van der Waals surface area (Å²) in [7, 11) is 0. The van der Waals surface area contributed by atoms with E-state index >= 15 is 0 Å². The Morgan fingerprint density at radius 1 is 1.37 bits per heavy atom. The zero-order valence-corrected chi connectivity index (χ0v) is 12.8. The van der Waals surface area contributed by atoms with E-state index < -0.39 is 0 Å². The van der Waals surface area contributed by atoms with E-state index in [9.17, 15) is 0 Å². The van der Waals surface area contributed by atoms with Gasteiger partial charge in [-0.3, -0.25) is 0 Å². The summed E-state index contributed by atoms with van der Waals surface area (Å²) in [5, 5.41) is 4.31. The number of nitrogens with two attached hydrogens (primary N) is 1. The molecule has 1 aliphatic carbocycles. The lowest BCUT2D eigenvalue weighted by Crippen LogP contribution is -2.29. The lowest BCUT2D eigenvalue weighted by Gasteiger charge is -2.29. The van der Waals surface area contributed by atoms with Crippen LogP contribution in [-0.2, 0) is 0 Å². The molecule has 2 rings (SSSR count). The van der Waals surface area contributed by atoms with Crippen molar-refractivity contribution in [3.8, 4) is 0 Å². The maximum Gasteiger partial charge on any atom is 0.135 e. The zero-order valence-electron chi connectivity index (χ0n) is 12.0. The normalized spacial score (nSPS) is 23.6. The fourth-order valence-electron chi connectivity index (χ4n) is 2.52. The van der Waals surface area contributed by atoms with Crippen molar-refractivity contribution in [2.75, 3.05) is 17.3 Å². The molecular formula is C14H24N4S. The van der Waals surface area contributed by atoms with Gasteiger partial charge in [-0.2, -0.15) is 11.8 Å². The Labute approximate surface area is 120 Å². The van der Waals surface area contributed by atoms with Crippen molar-refractivity contribution in [2.45, 2.75) is 56.7 Å². The summed E-state index contributed by atoms with van der Waals surface area (Å²) in [4.78, 5) is 8.85. The van der Waals surface area contributed by atoms with Crippen molar-refractivity contribution < 1.29 is 0 Å². The average molecular weight is 280 g/mol. The predicted octanol–water partition coefficient (Wildman–Crippen LogP) is 3.27. The standard InChI is InChI=1S/C14H24N4S/c1-9(2)14-17-12(15)8-13(18-14)16-10-5-4-6-11(7-10)19-3/h8-11H,4-7H2,1-3H3,(H3,15,16,17,18). The molecule has 1 aliphatic rings. The second kappa shape index (κ2) is 6.46. The first kappa shape index (κ1) is 14.4. The monoisotopic (exact) mass is 280 g/mol. The minimum Gasteiger partial charge on any atom is -0.384 e. The third-order valence-corrected chi connectivity index (χ3v) is 4.69. The lowest BCUT2D eigenvalue weighted by molar-refractivity contribution is 0.472. The van der Waals surface area contributed by atoms with E-state index in [1.165, 1.54) is 25.7 Å². The van der Waals surface area contributed by atoms with Crippen LogP contribution in [-0.4, -0.2) is 27.5 Å². The smallest absolute Gasteiger partial charge is 0.135 e. The molecule has 0 radical (unpaired) electrons. The lowest BCUT2D eigenvalue weighted by atomic mass is 9.95. The number of rotatable bonds is 4. The van der Waals surface area contributed by atoms with E-state index in [1.807, 2.05) is 17.8 Å². The van der Waals surface area contributed by atoms with Crippen LogP contribution >= 0.6 is 11.8 Å². The summed E-state index contributed by atoms with van der Waals surface area (Å²) in [5.41, 5.74) is 5.86. The molecule has 1 aromatic heterocycles. The summed E-state index contributed by atoms with van der Waals surface area (Å²) in [6.45, 7) is 4.17. The van der Waals surface area contributed by atoms with Gasteiger partial charge in [-0.1, -0.05) is 20.3 Å². The number of hydrogen-bond donors (Lipinski definition) is 2. The maximum atomic E-state index is 5.86. The first-order valence-corrected chi connectivity index (χ1v) is 8.31. The summed E-state index contributed by atoms with van der Waals surface area (Å²) in [6.07, 6.45) is 7.26. The second-order valence-corrected chi connectivity index (χ2v) is 6.69. The summed E-state index contributed by atoms with van der Waals surface area (Å²) in [5.74, 6) is 2.55. The largest absolute Gasteiger partial charge is 0.384 e.